The van der Waals surface area contributed by atoms with Crippen molar-refractivity contribution in [3.8, 4) is 5.75 Å². The molecular weight excluding hydrogens is 372 g/mol. The van der Waals surface area contributed by atoms with Crippen molar-refractivity contribution in [1.29, 1.82) is 0 Å². The minimum absolute atomic E-state index is 0.0698. The lowest BCUT2D eigenvalue weighted by molar-refractivity contribution is -0.151. The largest absolute Gasteiger partial charge is 0.495 e. The summed E-state index contributed by atoms with van der Waals surface area (Å²) in [5.41, 5.74) is 3.38. The number of hydrogen-bond donors (Lipinski definition) is 1. The normalized spacial score (nSPS) is 15.9. The number of rotatable bonds is 6. The summed E-state index contributed by atoms with van der Waals surface area (Å²) in [6, 6.07) is 12.7. The Kier molecular flexibility index (Phi) is 6.16. The van der Waals surface area contributed by atoms with Crippen LogP contribution in [0.5, 0.6) is 5.75 Å². The molecular formula is C22H24N2O5. The minimum Gasteiger partial charge on any atom is -0.495 e. The molecule has 0 radical (unpaired) electrons. The fourth-order valence-corrected chi connectivity index (χ4v) is 3.32. The number of nitrogens with zero attached hydrogens (tertiary/aromatic N) is 1. The Morgan fingerprint density at radius 1 is 1.14 bits per heavy atom. The maximum atomic E-state index is 12.4. The van der Waals surface area contributed by atoms with Gasteiger partial charge in [0, 0.05) is 18.7 Å². The van der Waals surface area contributed by atoms with Crippen molar-refractivity contribution in [3.05, 3.63) is 53.6 Å². The predicted octanol–water partition coefficient (Wildman–Crippen LogP) is 2.85. The van der Waals surface area contributed by atoms with Gasteiger partial charge in [-0.1, -0.05) is 24.3 Å². The van der Waals surface area contributed by atoms with Gasteiger partial charge < -0.3 is 19.7 Å². The molecule has 3 rings (SSSR count). The van der Waals surface area contributed by atoms with Crippen LogP contribution in [0.1, 0.15) is 17.5 Å². The zero-order chi connectivity index (χ0) is 21.0. The zero-order valence-corrected chi connectivity index (χ0v) is 16.7. The molecule has 7 nitrogen and oxygen atoms in total. The van der Waals surface area contributed by atoms with E-state index in [4.69, 9.17) is 9.47 Å². The summed E-state index contributed by atoms with van der Waals surface area (Å²) in [5.74, 6) is -1.24. The molecule has 2 aromatic carbocycles. The first-order chi connectivity index (χ1) is 13.9. The predicted molar refractivity (Wildman–Crippen MR) is 109 cm³/mol. The quantitative estimate of drug-likeness (QED) is 0.759. The van der Waals surface area contributed by atoms with Crippen molar-refractivity contribution in [2.75, 3.05) is 30.5 Å². The van der Waals surface area contributed by atoms with Crippen LogP contribution in [0.15, 0.2) is 42.5 Å². The highest BCUT2D eigenvalue weighted by molar-refractivity contribution is 6.00. The van der Waals surface area contributed by atoms with E-state index in [1.54, 1.807) is 29.2 Å². The van der Waals surface area contributed by atoms with Crippen molar-refractivity contribution < 1.29 is 23.9 Å². The first-order valence-corrected chi connectivity index (χ1v) is 9.36. The molecule has 1 heterocycles. The number of carbonyl (C=O) groups is 3. The number of nitrogens with one attached hydrogen (secondary N) is 1. The standard InChI is InChI=1S/C22H24N2O5/c1-14-7-6-9-18(15(14)2)24-12-16(11-21(24)26)22(27)29-13-20(25)23-17-8-4-5-10-19(17)28-3/h4-10,16H,11-13H2,1-3H3,(H,23,25)/t16-/m1/s1. The van der Waals surface area contributed by atoms with Crippen LogP contribution in [0.4, 0.5) is 11.4 Å². The number of para-hydroxylation sites is 2. The van der Waals surface area contributed by atoms with Crippen LogP contribution in [-0.2, 0) is 19.1 Å². The molecule has 0 aromatic heterocycles. The van der Waals surface area contributed by atoms with Crippen molar-refractivity contribution in [1.82, 2.24) is 0 Å². The molecule has 0 spiro atoms. The van der Waals surface area contributed by atoms with Crippen LogP contribution in [-0.4, -0.2) is 38.0 Å². The van der Waals surface area contributed by atoms with E-state index in [1.165, 1.54) is 7.11 Å². The van der Waals surface area contributed by atoms with Gasteiger partial charge in [-0.15, -0.1) is 0 Å². The Balaban J connectivity index is 1.57. The lowest BCUT2D eigenvalue weighted by Crippen LogP contribution is -2.28. The number of aryl methyl sites for hydroxylation is 1. The average Bonchev–Trinajstić information content (AvgIpc) is 3.10. The Morgan fingerprint density at radius 3 is 2.66 bits per heavy atom. The molecule has 1 saturated heterocycles. The summed E-state index contributed by atoms with van der Waals surface area (Å²) in [6.07, 6.45) is 0.0698. The lowest BCUT2D eigenvalue weighted by Gasteiger charge is -2.20. The second kappa shape index (κ2) is 8.77. The van der Waals surface area contributed by atoms with E-state index in [0.717, 1.165) is 16.8 Å². The highest BCUT2D eigenvalue weighted by Gasteiger charge is 2.37. The summed E-state index contributed by atoms with van der Waals surface area (Å²) < 4.78 is 10.3. The summed E-state index contributed by atoms with van der Waals surface area (Å²) >= 11 is 0. The summed E-state index contributed by atoms with van der Waals surface area (Å²) in [5, 5.41) is 2.65. The van der Waals surface area contributed by atoms with E-state index in [-0.39, 0.29) is 18.9 Å². The molecule has 1 N–H and O–H groups in total. The first kappa shape index (κ1) is 20.4. The number of benzene rings is 2. The lowest BCUT2D eigenvalue weighted by atomic mass is 10.1. The van der Waals surface area contributed by atoms with Gasteiger partial charge in [0.1, 0.15) is 5.75 Å². The molecule has 0 bridgehead atoms. The van der Waals surface area contributed by atoms with Crippen LogP contribution in [0.2, 0.25) is 0 Å². The van der Waals surface area contributed by atoms with Crippen molar-refractivity contribution in [2.24, 2.45) is 5.92 Å². The number of anilines is 2. The fraction of sp³-hybridized carbons (Fsp3) is 0.318. The van der Waals surface area contributed by atoms with Crippen molar-refractivity contribution in [3.63, 3.8) is 0 Å². The van der Waals surface area contributed by atoms with Crippen molar-refractivity contribution in [2.45, 2.75) is 20.3 Å². The maximum absolute atomic E-state index is 12.4. The van der Waals surface area contributed by atoms with Gasteiger partial charge in [-0.05, 0) is 43.2 Å². The van der Waals surface area contributed by atoms with E-state index in [2.05, 4.69) is 5.32 Å². The van der Waals surface area contributed by atoms with Crippen LogP contribution in [0.25, 0.3) is 0 Å². The fourth-order valence-electron chi connectivity index (χ4n) is 3.32. The van der Waals surface area contributed by atoms with E-state index in [0.29, 0.717) is 11.4 Å². The minimum atomic E-state index is -0.596. The van der Waals surface area contributed by atoms with Gasteiger partial charge in [-0.2, -0.15) is 0 Å². The Bertz CT molecular complexity index is 941. The number of carbonyl (C=O) groups excluding carboxylic acids is 3. The second-order valence-electron chi connectivity index (χ2n) is 6.98. The van der Waals surface area contributed by atoms with Gasteiger partial charge in [0.05, 0.1) is 18.7 Å². The van der Waals surface area contributed by atoms with Gasteiger partial charge in [0.2, 0.25) is 5.91 Å². The Labute approximate surface area is 169 Å². The Hall–Kier alpha value is -3.35. The first-order valence-electron chi connectivity index (χ1n) is 9.36. The van der Waals surface area contributed by atoms with Crippen LogP contribution >= 0.6 is 0 Å². The highest BCUT2D eigenvalue weighted by atomic mass is 16.5. The van der Waals surface area contributed by atoms with Gasteiger partial charge in [0.15, 0.2) is 6.61 Å². The summed E-state index contributed by atoms with van der Waals surface area (Å²) in [7, 11) is 1.50. The van der Waals surface area contributed by atoms with Gasteiger partial charge in [-0.3, -0.25) is 14.4 Å². The van der Waals surface area contributed by atoms with E-state index in [1.807, 2.05) is 32.0 Å². The Morgan fingerprint density at radius 2 is 1.90 bits per heavy atom. The molecule has 2 aromatic rings. The average molecular weight is 396 g/mol. The van der Waals surface area contributed by atoms with Gasteiger partial charge in [0.25, 0.3) is 5.91 Å². The monoisotopic (exact) mass is 396 g/mol. The molecule has 7 heteroatoms. The number of ether oxygens (including phenoxy) is 2. The third-order valence-electron chi connectivity index (χ3n) is 5.05. The molecule has 1 fully saturated rings. The molecule has 0 aliphatic carbocycles. The number of amides is 2. The smallest absolute Gasteiger partial charge is 0.311 e. The molecule has 0 unspecified atom stereocenters. The van der Waals surface area contributed by atoms with Crippen LogP contribution in [0.3, 0.4) is 0 Å². The van der Waals surface area contributed by atoms with E-state index in [9.17, 15) is 14.4 Å². The molecule has 1 atom stereocenters. The molecule has 0 saturated carbocycles. The summed E-state index contributed by atoms with van der Waals surface area (Å²) in [6.45, 7) is 3.75. The highest BCUT2D eigenvalue weighted by Crippen LogP contribution is 2.30. The van der Waals surface area contributed by atoms with Gasteiger partial charge >= 0.3 is 5.97 Å². The van der Waals surface area contributed by atoms with Crippen molar-refractivity contribution >= 4 is 29.2 Å². The molecule has 1 aliphatic heterocycles. The molecule has 29 heavy (non-hydrogen) atoms. The number of methoxy groups -OCH3 is 1. The maximum Gasteiger partial charge on any atom is 0.311 e. The van der Waals surface area contributed by atoms with Crippen LogP contribution < -0.4 is 15.0 Å². The molecule has 152 valence electrons. The van der Waals surface area contributed by atoms with Gasteiger partial charge in [-0.25, -0.2) is 0 Å². The second-order valence-corrected chi connectivity index (χ2v) is 6.98. The number of hydrogen-bond acceptors (Lipinski definition) is 5. The third kappa shape index (κ3) is 4.56. The molecule has 2 amide bonds. The van der Waals surface area contributed by atoms with Crippen LogP contribution in [0, 0.1) is 19.8 Å². The van der Waals surface area contributed by atoms with E-state index >= 15 is 0 Å². The van der Waals surface area contributed by atoms with E-state index < -0.39 is 24.4 Å². The summed E-state index contributed by atoms with van der Waals surface area (Å²) in [4.78, 5) is 38.5. The topological polar surface area (TPSA) is 84.9 Å². The third-order valence-corrected chi connectivity index (χ3v) is 5.05. The zero-order valence-electron chi connectivity index (χ0n) is 16.7. The molecule has 1 aliphatic rings. The SMILES string of the molecule is COc1ccccc1NC(=O)COC(=O)[C@@H]1CC(=O)N(c2cccc(C)c2C)C1. The number of esters is 1.